The van der Waals surface area contributed by atoms with Crippen molar-refractivity contribution in [3.05, 3.63) is 73.9 Å². The van der Waals surface area contributed by atoms with Gasteiger partial charge >= 0.3 is 5.69 Å². The molecule has 0 saturated carbocycles. The Morgan fingerprint density at radius 3 is 2.62 bits per heavy atom. The quantitative estimate of drug-likeness (QED) is 0.484. The van der Waals surface area contributed by atoms with Gasteiger partial charge in [0.2, 0.25) is 11.7 Å². The summed E-state index contributed by atoms with van der Waals surface area (Å²) in [5.41, 5.74) is 1.20. The molecule has 2 heterocycles. The lowest BCUT2D eigenvalue weighted by Gasteiger charge is -2.10. The molecule has 0 saturated heterocycles. The van der Waals surface area contributed by atoms with Crippen molar-refractivity contribution < 1.29 is 4.79 Å². The predicted molar refractivity (Wildman–Crippen MR) is 125 cm³/mol. The number of hydrogen-bond donors (Lipinski definition) is 1. The first-order chi connectivity index (χ1) is 15.3. The number of nitrogens with zero attached hydrogens (tertiary/aromatic N) is 4. The van der Waals surface area contributed by atoms with Gasteiger partial charge in [0.1, 0.15) is 6.54 Å². The largest absolute Gasteiger partial charge is 0.352 e. The summed E-state index contributed by atoms with van der Waals surface area (Å²) in [5, 5.41) is 7.91. The number of amides is 1. The van der Waals surface area contributed by atoms with E-state index in [1.807, 2.05) is 13.0 Å². The van der Waals surface area contributed by atoms with Gasteiger partial charge in [0.05, 0.1) is 21.6 Å². The van der Waals surface area contributed by atoms with Crippen LogP contribution in [0, 0.1) is 12.8 Å². The molecule has 0 aliphatic heterocycles. The van der Waals surface area contributed by atoms with Crippen LogP contribution in [0.5, 0.6) is 0 Å². The SMILES string of the molecule is Cc1ccc(NC(=O)Cn2nc3n(CCC(C)C)c(=O)c4ccccc4n3c2=O)c(Cl)c1. The van der Waals surface area contributed by atoms with E-state index in [0.29, 0.717) is 34.1 Å². The highest BCUT2D eigenvalue weighted by Gasteiger charge is 2.19. The Labute approximate surface area is 189 Å². The number of rotatable bonds is 6. The van der Waals surface area contributed by atoms with Gasteiger partial charge in [-0.1, -0.05) is 43.6 Å². The topological polar surface area (TPSA) is 90.4 Å². The number of halogens is 1. The number of carbonyl (C=O) groups excluding carboxylic acids is 1. The highest BCUT2D eigenvalue weighted by Crippen LogP contribution is 2.22. The first kappa shape index (κ1) is 21.8. The van der Waals surface area contributed by atoms with E-state index in [2.05, 4.69) is 24.3 Å². The van der Waals surface area contributed by atoms with Crippen LogP contribution in [0.3, 0.4) is 0 Å². The lowest BCUT2D eigenvalue weighted by Crippen LogP contribution is -2.29. The Kier molecular flexibility index (Phi) is 5.88. The maximum atomic E-state index is 13.2. The Hall–Kier alpha value is -3.39. The minimum Gasteiger partial charge on any atom is -0.323 e. The van der Waals surface area contributed by atoms with Gasteiger partial charge in [0.25, 0.3) is 5.56 Å². The summed E-state index contributed by atoms with van der Waals surface area (Å²) in [7, 11) is 0. The zero-order valence-corrected chi connectivity index (χ0v) is 18.9. The molecule has 8 nitrogen and oxygen atoms in total. The third-order valence-corrected chi connectivity index (χ3v) is 5.62. The van der Waals surface area contributed by atoms with Crippen molar-refractivity contribution in [2.75, 3.05) is 5.32 Å². The highest BCUT2D eigenvalue weighted by atomic mass is 35.5. The fraction of sp³-hybridized carbons (Fsp3) is 0.304. The van der Waals surface area contributed by atoms with Gasteiger partial charge in [-0.25, -0.2) is 13.9 Å². The Bertz CT molecular complexity index is 1450. The number of hydrogen-bond acceptors (Lipinski definition) is 4. The van der Waals surface area contributed by atoms with Crippen LogP contribution in [0.1, 0.15) is 25.8 Å². The van der Waals surface area contributed by atoms with Gasteiger partial charge in [-0.2, -0.15) is 0 Å². The molecule has 0 radical (unpaired) electrons. The molecule has 166 valence electrons. The summed E-state index contributed by atoms with van der Waals surface area (Å²) in [6.45, 7) is 6.14. The number of carbonyl (C=O) groups is 1. The molecule has 1 amide bonds. The summed E-state index contributed by atoms with van der Waals surface area (Å²) < 4.78 is 3.97. The monoisotopic (exact) mass is 453 g/mol. The predicted octanol–water partition coefficient (Wildman–Crippen LogP) is 3.46. The molecule has 4 rings (SSSR count). The number of nitrogens with one attached hydrogen (secondary N) is 1. The van der Waals surface area contributed by atoms with Gasteiger partial charge in [-0.15, -0.1) is 5.10 Å². The van der Waals surface area contributed by atoms with E-state index in [-0.39, 0.29) is 17.9 Å². The van der Waals surface area contributed by atoms with Crippen LogP contribution in [0.2, 0.25) is 5.02 Å². The second kappa shape index (κ2) is 8.63. The zero-order valence-electron chi connectivity index (χ0n) is 18.1. The summed E-state index contributed by atoms with van der Waals surface area (Å²) in [6.07, 6.45) is 0.751. The number of aryl methyl sites for hydroxylation is 2. The van der Waals surface area contributed by atoms with E-state index in [9.17, 15) is 14.4 Å². The van der Waals surface area contributed by atoms with E-state index in [1.165, 1.54) is 8.97 Å². The smallest absolute Gasteiger partial charge is 0.323 e. The first-order valence-corrected chi connectivity index (χ1v) is 10.8. The van der Waals surface area contributed by atoms with Crippen LogP contribution < -0.4 is 16.6 Å². The van der Waals surface area contributed by atoms with Crippen molar-refractivity contribution in [2.45, 2.75) is 40.3 Å². The molecule has 4 aromatic rings. The molecule has 0 aliphatic rings. The lowest BCUT2D eigenvalue weighted by molar-refractivity contribution is -0.117. The van der Waals surface area contributed by atoms with Gasteiger partial charge in [0, 0.05) is 6.54 Å². The average Bonchev–Trinajstić information content (AvgIpc) is 3.06. The van der Waals surface area contributed by atoms with Crippen molar-refractivity contribution in [2.24, 2.45) is 5.92 Å². The third-order valence-electron chi connectivity index (χ3n) is 5.31. The van der Waals surface area contributed by atoms with E-state index < -0.39 is 11.6 Å². The summed E-state index contributed by atoms with van der Waals surface area (Å²) in [6, 6.07) is 12.2. The minimum absolute atomic E-state index is 0.207. The molecule has 9 heteroatoms. The van der Waals surface area contributed by atoms with E-state index >= 15 is 0 Å². The molecule has 2 aromatic carbocycles. The maximum Gasteiger partial charge on any atom is 0.352 e. The van der Waals surface area contributed by atoms with Gasteiger partial charge < -0.3 is 5.32 Å². The van der Waals surface area contributed by atoms with Gasteiger partial charge in [0.15, 0.2) is 0 Å². The van der Waals surface area contributed by atoms with E-state index in [0.717, 1.165) is 16.7 Å². The standard InChI is InChI=1S/C23H24ClN5O3/c1-14(2)10-11-27-21(31)16-6-4-5-7-19(16)29-22(27)26-28(23(29)32)13-20(30)25-18-9-8-15(3)12-17(18)24/h4-9,12,14H,10-11,13H2,1-3H3,(H,25,30). The van der Waals surface area contributed by atoms with Crippen LogP contribution in [0.4, 0.5) is 5.69 Å². The van der Waals surface area contributed by atoms with E-state index in [1.54, 1.807) is 36.4 Å². The third kappa shape index (κ3) is 4.05. The fourth-order valence-corrected chi connectivity index (χ4v) is 3.89. The molecule has 0 atom stereocenters. The molecule has 0 aliphatic carbocycles. The van der Waals surface area contributed by atoms with Crippen molar-refractivity contribution in [3.8, 4) is 0 Å². The Balaban J connectivity index is 1.77. The zero-order chi connectivity index (χ0) is 23.0. The van der Waals surface area contributed by atoms with Gasteiger partial charge in [-0.3, -0.25) is 14.2 Å². The van der Waals surface area contributed by atoms with Gasteiger partial charge in [-0.05, 0) is 49.1 Å². The van der Waals surface area contributed by atoms with Crippen LogP contribution in [0.15, 0.2) is 52.1 Å². The lowest BCUT2D eigenvalue weighted by atomic mass is 10.1. The number of para-hydroxylation sites is 1. The molecular weight excluding hydrogens is 430 g/mol. The molecule has 2 aromatic heterocycles. The second-order valence-electron chi connectivity index (χ2n) is 8.26. The van der Waals surface area contributed by atoms with Crippen LogP contribution in [-0.4, -0.2) is 24.7 Å². The highest BCUT2D eigenvalue weighted by molar-refractivity contribution is 6.33. The number of aromatic nitrogens is 4. The van der Waals surface area contributed by atoms with Crippen LogP contribution in [-0.2, 0) is 17.9 Å². The van der Waals surface area contributed by atoms with Crippen LogP contribution >= 0.6 is 11.6 Å². The maximum absolute atomic E-state index is 13.2. The van der Waals surface area contributed by atoms with Crippen molar-refractivity contribution >= 4 is 39.9 Å². The fourth-order valence-electron chi connectivity index (χ4n) is 3.61. The second-order valence-corrected chi connectivity index (χ2v) is 8.67. The number of fused-ring (bicyclic) bond motifs is 3. The normalized spacial score (nSPS) is 11.5. The molecule has 0 unspecified atom stereocenters. The molecule has 0 fully saturated rings. The minimum atomic E-state index is -0.486. The molecular formula is C23H24ClN5O3. The summed E-state index contributed by atoms with van der Waals surface area (Å²) >= 11 is 6.19. The van der Waals surface area contributed by atoms with Crippen molar-refractivity contribution in [1.82, 2.24) is 18.7 Å². The Morgan fingerprint density at radius 2 is 1.91 bits per heavy atom. The van der Waals surface area contributed by atoms with Crippen molar-refractivity contribution in [3.63, 3.8) is 0 Å². The molecule has 0 bridgehead atoms. The van der Waals surface area contributed by atoms with Crippen LogP contribution in [0.25, 0.3) is 16.7 Å². The first-order valence-electron chi connectivity index (χ1n) is 10.4. The summed E-state index contributed by atoms with van der Waals surface area (Å²) in [4.78, 5) is 38.9. The molecule has 0 spiro atoms. The number of benzene rings is 2. The van der Waals surface area contributed by atoms with Crippen molar-refractivity contribution in [1.29, 1.82) is 0 Å². The molecule has 32 heavy (non-hydrogen) atoms. The number of anilines is 1. The van der Waals surface area contributed by atoms with E-state index in [4.69, 9.17) is 11.6 Å². The Morgan fingerprint density at radius 1 is 1.16 bits per heavy atom. The molecule has 1 N–H and O–H groups in total. The summed E-state index contributed by atoms with van der Waals surface area (Å²) in [5.74, 6) is 0.148. The average molecular weight is 454 g/mol.